The van der Waals surface area contributed by atoms with Crippen molar-refractivity contribution in [1.29, 1.82) is 0 Å². The van der Waals surface area contributed by atoms with E-state index in [1.54, 1.807) is 12.3 Å². The Balaban J connectivity index is 1.38. The first-order chi connectivity index (χ1) is 14.0. The van der Waals surface area contributed by atoms with Crippen LogP contribution in [0.5, 0.6) is 0 Å². The third-order valence-electron chi connectivity index (χ3n) is 4.31. The standard InChI is InChI=1S/C22H22FN3O3/c1-15-6-8-16(9-7-15)19-14-26-21(29-19)11-10-20(27)24-12-13-25-22(28)17-4-2-3-5-18(17)23/h2-9,14H,10-13H2,1H3,(H,24,27)(H,25,28). The fourth-order valence-electron chi connectivity index (χ4n) is 2.70. The molecule has 6 nitrogen and oxygen atoms in total. The predicted molar refractivity (Wildman–Crippen MR) is 107 cm³/mol. The summed E-state index contributed by atoms with van der Waals surface area (Å²) >= 11 is 0. The minimum Gasteiger partial charge on any atom is -0.441 e. The number of carbonyl (C=O) groups excluding carboxylic acids is 2. The van der Waals surface area contributed by atoms with Gasteiger partial charge in [0.1, 0.15) is 5.82 Å². The van der Waals surface area contributed by atoms with E-state index in [9.17, 15) is 14.0 Å². The van der Waals surface area contributed by atoms with Crippen LogP contribution in [0.25, 0.3) is 11.3 Å². The topological polar surface area (TPSA) is 84.2 Å². The lowest BCUT2D eigenvalue weighted by molar-refractivity contribution is -0.121. The van der Waals surface area contributed by atoms with E-state index in [2.05, 4.69) is 15.6 Å². The molecule has 0 saturated heterocycles. The maximum atomic E-state index is 13.5. The molecule has 0 fully saturated rings. The molecule has 0 saturated carbocycles. The van der Waals surface area contributed by atoms with Crippen LogP contribution in [0.4, 0.5) is 4.39 Å². The van der Waals surface area contributed by atoms with Gasteiger partial charge in [0.25, 0.3) is 5.91 Å². The molecule has 0 unspecified atom stereocenters. The molecule has 2 amide bonds. The molecule has 150 valence electrons. The second-order valence-electron chi connectivity index (χ2n) is 6.57. The molecule has 3 aromatic rings. The first-order valence-corrected chi connectivity index (χ1v) is 9.34. The fraction of sp³-hybridized carbons (Fsp3) is 0.227. The lowest BCUT2D eigenvalue weighted by Gasteiger charge is -2.07. The zero-order valence-corrected chi connectivity index (χ0v) is 16.1. The predicted octanol–water partition coefficient (Wildman–Crippen LogP) is 3.27. The number of hydrogen-bond donors (Lipinski definition) is 2. The van der Waals surface area contributed by atoms with E-state index < -0.39 is 11.7 Å². The van der Waals surface area contributed by atoms with Crippen molar-refractivity contribution >= 4 is 11.8 Å². The first-order valence-electron chi connectivity index (χ1n) is 9.34. The molecule has 0 bridgehead atoms. The van der Waals surface area contributed by atoms with Crippen LogP contribution in [0.1, 0.15) is 28.2 Å². The number of aromatic nitrogens is 1. The molecule has 3 rings (SSSR count). The summed E-state index contributed by atoms with van der Waals surface area (Å²) in [4.78, 5) is 28.0. The maximum absolute atomic E-state index is 13.5. The van der Waals surface area contributed by atoms with Crippen LogP contribution >= 0.6 is 0 Å². The number of benzene rings is 2. The van der Waals surface area contributed by atoms with Crippen molar-refractivity contribution in [3.63, 3.8) is 0 Å². The molecule has 0 aliphatic heterocycles. The summed E-state index contributed by atoms with van der Waals surface area (Å²) in [7, 11) is 0. The second kappa shape index (κ2) is 9.64. The SMILES string of the molecule is Cc1ccc(-c2cnc(CCC(=O)NCCNC(=O)c3ccccc3F)o2)cc1. The third-order valence-corrected chi connectivity index (χ3v) is 4.31. The number of nitrogens with one attached hydrogen (secondary N) is 2. The fourth-order valence-corrected chi connectivity index (χ4v) is 2.70. The van der Waals surface area contributed by atoms with Gasteiger partial charge in [-0.1, -0.05) is 42.0 Å². The molecule has 0 aliphatic carbocycles. The van der Waals surface area contributed by atoms with Gasteiger partial charge in [-0.2, -0.15) is 0 Å². The van der Waals surface area contributed by atoms with Gasteiger partial charge in [-0.05, 0) is 19.1 Å². The normalized spacial score (nSPS) is 10.6. The summed E-state index contributed by atoms with van der Waals surface area (Å²) in [5.74, 6) is -0.120. The van der Waals surface area contributed by atoms with E-state index in [4.69, 9.17) is 4.42 Å². The van der Waals surface area contributed by atoms with Crippen molar-refractivity contribution in [2.45, 2.75) is 19.8 Å². The summed E-state index contributed by atoms with van der Waals surface area (Å²) in [6.45, 7) is 2.47. The van der Waals surface area contributed by atoms with Crippen LogP contribution in [-0.4, -0.2) is 29.9 Å². The highest BCUT2D eigenvalue weighted by Crippen LogP contribution is 2.21. The zero-order valence-electron chi connectivity index (χ0n) is 16.1. The monoisotopic (exact) mass is 395 g/mol. The van der Waals surface area contributed by atoms with Crippen LogP contribution in [0.2, 0.25) is 0 Å². The van der Waals surface area contributed by atoms with Crippen molar-refractivity contribution in [2.75, 3.05) is 13.1 Å². The highest BCUT2D eigenvalue weighted by Gasteiger charge is 2.11. The van der Waals surface area contributed by atoms with Crippen LogP contribution in [0, 0.1) is 12.7 Å². The summed E-state index contributed by atoms with van der Waals surface area (Å²) in [6.07, 6.45) is 2.24. The van der Waals surface area contributed by atoms with Crippen molar-refractivity contribution < 1.29 is 18.4 Å². The summed E-state index contributed by atoms with van der Waals surface area (Å²) in [5, 5.41) is 5.27. The Bertz CT molecular complexity index is 983. The minimum atomic E-state index is -0.579. The number of hydrogen-bond acceptors (Lipinski definition) is 4. The number of halogens is 1. The lowest BCUT2D eigenvalue weighted by atomic mass is 10.1. The van der Waals surface area contributed by atoms with E-state index in [0.29, 0.717) is 18.1 Å². The van der Waals surface area contributed by atoms with Crippen LogP contribution in [-0.2, 0) is 11.2 Å². The maximum Gasteiger partial charge on any atom is 0.254 e. The van der Waals surface area contributed by atoms with Crippen LogP contribution in [0.3, 0.4) is 0 Å². The van der Waals surface area contributed by atoms with Gasteiger partial charge in [0.05, 0.1) is 11.8 Å². The van der Waals surface area contributed by atoms with Crippen molar-refractivity contribution in [1.82, 2.24) is 15.6 Å². The number of aryl methyl sites for hydroxylation is 2. The Morgan fingerprint density at radius 1 is 1.03 bits per heavy atom. The molecule has 0 atom stereocenters. The Morgan fingerprint density at radius 2 is 1.76 bits per heavy atom. The van der Waals surface area contributed by atoms with E-state index in [1.165, 1.54) is 18.2 Å². The Kier molecular flexibility index (Phi) is 6.73. The van der Waals surface area contributed by atoms with Gasteiger partial charge in [-0.15, -0.1) is 0 Å². The summed E-state index contributed by atoms with van der Waals surface area (Å²) in [6, 6.07) is 13.7. The number of nitrogens with zero attached hydrogens (tertiary/aromatic N) is 1. The number of oxazole rings is 1. The van der Waals surface area contributed by atoms with E-state index in [0.717, 1.165) is 11.1 Å². The highest BCUT2D eigenvalue weighted by atomic mass is 19.1. The highest BCUT2D eigenvalue weighted by molar-refractivity contribution is 5.94. The smallest absolute Gasteiger partial charge is 0.254 e. The molecule has 2 N–H and O–H groups in total. The summed E-state index contributed by atoms with van der Waals surface area (Å²) < 4.78 is 19.2. The van der Waals surface area contributed by atoms with Gasteiger partial charge in [0.15, 0.2) is 11.7 Å². The van der Waals surface area contributed by atoms with Gasteiger partial charge in [-0.25, -0.2) is 9.37 Å². The molecule has 1 aromatic heterocycles. The molecular weight excluding hydrogens is 373 g/mol. The molecule has 29 heavy (non-hydrogen) atoms. The molecular formula is C22H22FN3O3. The largest absolute Gasteiger partial charge is 0.441 e. The third kappa shape index (κ3) is 5.75. The Morgan fingerprint density at radius 3 is 2.52 bits per heavy atom. The van der Waals surface area contributed by atoms with Crippen molar-refractivity contribution in [3.05, 3.63) is 77.6 Å². The van der Waals surface area contributed by atoms with E-state index in [1.807, 2.05) is 31.2 Å². The number of amides is 2. The molecule has 0 aliphatic rings. The second-order valence-corrected chi connectivity index (χ2v) is 6.57. The average molecular weight is 395 g/mol. The van der Waals surface area contributed by atoms with Crippen LogP contribution < -0.4 is 10.6 Å². The van der Waals surface area contributed by atoms with Gasteiger partial charge in [0, 0.05) is 31.5 Å². The molecule has 0 spiro atoms. The van der Waals surface area contributed by atoms with Crippen molar-refractivity contribution in [2.24, 2.45) is 0 Å². The van der Waals surface area contributed by atoms with Gasteiger partial charge < -0.3 is 15.1 Å². The lowest BCUT2D eigenvalue weighted by Crippen LogP contribution is -2.35. The minimum absolute atomic E-state index is 0.0212. The molecule has 2 aromatic carbocycles. The quantitative estimate of drug-likeness (QED) is 0.574. The van der Waals surface area contributed by atoms with E-state index in [-0.39, 0.29) is 31.0 Å². The van der Waals surface area contributed by atoms with Gasteiger partial charge in [-0.3, -0.25) is 9.59 Å². The molecule has 7 heteroatoms. The Labute approximate surface area is 168 Å². The number of rotatable bonds is 8. The summed E-state index contributed by atoms with van der Waals surface area (Å²) in [5.41, 5.74) is 2.08. The van der Waals surface area contributed by atoms with Gasteiger partial charge in [0.2, 0.25) is 5.91 Å². The molecule has 1 heterocycles. The van der Waals surface area contributed by atoms with Gasteiger partial charge >= 0.3 is 0 Å². The first kappa shape index (κ1) is 20.3. The zero-order chi connectivity index (χ0) is 20.6. The van der Waals surface area contributed by atoms with E-state index >= 15 is 0 Å². The molecule has 0 radical (unpaired) electrons. The Hall–Kier alpha value is -3.48. The van der Waals surface area contributed by atoms with Crippen molar-refractivity contribution in [3.8, 4) is 11.3 Å². The number of carbonyl (C=O) groups is 2. The average Bonchev–Trinajstić information content (AvgIpc) is 3.19. The van der Waals surface area contributed by atoms with Crippen LogP contribution in [0.15, 0.2) is 59.1 Å².